The van der Waals surface area contributed by atoms with E-state index in [4.69, 9.17) is 20.2 Å². The number of imidazole rings is 1. The van der Waals surface area contributed by atoms with E-state index < -0.39 is 0 Å². The molecule has 0 aliphatic rings. The molecule has 0 unspecified atom stereocenters. The highest BCUT2D eigenvalue weighted by Crippen LogP contribution is 2.34. The molecule has 2 N–H and O–H groups in total. The van der Waals surface area contributed by atoms with Crippen molar-refractivity contribution < 1.29 is 9.47 Å². The number of nitrogens with two attached hydrogens (primary N) is 1. The quantitative estimate of drug-likeness (QED) is 0.707. The lowest BCUT2D eigenvalue weighted by Crippen LogP contribution is -2.18. The molecule has 6 heteroatoms. The van der Waals surface area contributed by atoms with E-state index in [0.717, 1.165) is 41.1 Å². The Morgan fingerprint density at radius 1 is 1.04 bits per heavy atom. The van der Waals surface area contributed by atoms with Crippen LogP contribution in [-0.4, -0.2) is 49.3 Å². The molecule has 0 spiro atoms. The fourth-order valence-corrected chi connectivity index (χ4v) is 2.99. The molecule has 0 bridgehead atoms. The third-order valence-electron chi connectivity index (χ3n) is 4.47. The van der Waals surface area contributed by atoms with Crippen molar-refractivity contribution in [3.63, 3.8) is 0 Å². The highest BCUT2D eigenvalue weighted by atomic mass is 16.5. The van der Waals surface area contributed by atoms with Crippen LogP contribution in [0.1, 0.15) is 5.56 Å². The van der Waals surface area contributed by atoms with Crippen LogP contribution in [0.3, 0.4) is 0 Å². The number of methoxy groups -OCH3 is 2. The summed E-state index contributed by atoms with van der Waals surface area (Å²) >= 11 is 0. The highest BCUT2D eigenvalue weighted by Gasteiger charge is 2.16. The molecule has 0 saturated heterocycles. The van der Waals surface area contributed by atoms with E-state index in [1.54, 1.807) is 14.2 Å². The summed E-state index contributed by atoms with van der Waals surface area (Å²) in [5, 5.41) is 0. The first kappa shape index (κ1) is 18.2. The van der Waals surface area contributed by atoms with Gasteiger partial charge in [-0.25, -0.2) is 4.98 Å². The normalized spacial score (nSPS) is 11.3. The first-order chi connectivity index (χ1) is 12.6. The lowest BCUT2D eigenvalue weighted by Gasteiger charge is -2.14. The zero-order valence-electron chi connectivity index (χ0n) is 15.8. The van der Waals surface area contributed by atoms with Gasteiger partial charge in [-0.15, -0.1) is 0 Å². The summed E-state index contributed by atoms with van der Waals surface area (Å²) in [4.78, 5) is 7.04. The summed E-state index contributed by atoms with van der Waals surface area (Å²) in [6, 6.07) is 12.2. The predicted octanol–water partition coefficient (Wildman–Crippen LogP) is 2.74. The topological polar surface area (TPSA) is 65.5 Å². The number of ether oxygens (including phenoxy) is 2. The summed E-state index contributed by atoms with van der Waals surface area (Å²) in [7, 11) is 7.42. The van der Waals surface area contributed by atoms with Crippen LogP contribution in [0.5, 0.6) is 11.5 Å². The van der Waals surface area contributed by atoms with Gasteiger partial charge in [0.2, 0.25) is 0 Å². The van der Waals surface area contributed by atoms with Crippen LogP contribution < -0.4 is 15.2 Å². The molecule has 0 atom stereocenters. The van der Waals surface area contributed by atoms with E-state index in [1.165, 1.54) is 0 Å². The van der Waals surface area contributed by atoms with Crippen molar-refractivity contribution in [1.29, 1.82) is 0 Å². The Morgan fingerprint density at radius 3 is 2.27 bits per heavy atom. The summed E-state index contributed by atoms with van der Waals surface area (Å²) in [5.74, 6) is 2.32. The first-order valence-electron chi connectivity index (χ1n) is 8.63. The second-order valence-corrected chi connectivity index (χ2v) is 6.49. The van der Waals surface area contributed by atoms with Gasteiger partial charge in [0.05, 0.1) is 25.3 Å². The van der Waals surface area contributed by atoms with Crippen molar-refractivity contribution in [3.8, 4) is 22.9 Å². The van der Waals surface area contributed by atoms with Crippen LogP contribution in [0.25, 0.3) is 22.4 Å². The Kier molecular flexibility index (Phi) is 5.44. The van der Waals surface area contributed by atoms with Crippen LogP contribution in [0.15, 0.2) is 36.4 Å². The summed E-state index contributed by atoms with van der Waals surface area (Å²) < 4.78 is 13.1. The van der Waals surface area contributed by atoms with Gasteiger partial charge < -0.3 is 24.7 Å². The average molecular weight is 354 g/mol. The van der Waals surface area contributed by atoms with Gasteiger partial charge in [-0.3, -0.25) is 0 Å². The second kappa shape index (κ2) is 7.76. The minimum Gasteiger partial charge on any atom is -0.493 e. The maximum Gasteiger partial charge on any atom is 0.163 e. The zero-order valence-corrected chi connectivity index (χ0v) is 15.8. The molecule has 2 aromatic carbocycles. The number of aromatic nitrogens is 2. The van der Waals surface area contributed by atoms with Crippen LogP contribution in [0.2, 0.25) is 0 Å². The van der Waals surface area contributed by atoms with E-state index in [1.807, 2.05) is 24.3 Å². The van der Waals surface area contributed by atoms with E-state index in [-0.39, 0.29) is 0 Å². The minimum atomic E-state index is 0.533. The fraction of sp³-hybridized carbons (Fsp3) is 0.350. The molecule has 0 aliphatic heterocycles. The van der Waals surface area contributed by atoms with Gasteiger partial charge >= 0.3 is 0 Å². The molecule has 1 heterocycles. The molecular formula is C20H26N4O2. The van der Waals surface area contributed by atoms with Crippen LogP contribution in [0.4, 0.5) is 0 Å². The molecule has 138 valence electrons. The Morgan fingerprint density at radius 2 is 1.69 bits per heavy atom. The van der Waals surface area contributed by atoms with Gasteiger partial charge in [0.25, 0.3) is 0 Å². The number of hydrogen-bond acceptors (Lipinski definition) is 5. The molecule has 0 fully saturated rings. The van der Waals surface area contributed by atoms with Gasteiger partial charge in [0.15, 0.2) is 11.5 Å². The standard InChI is InChI=1S/C20H26N4O2/c1-23(2)9-10-24-17-12-19(26-4)18(25-3)11-16(17)22-20(24)15-7-5-14(13-21)6-8-15/h5-8,11-12H,9-10,13,21H2,1-4H3. The first-order valence-corrected chi connectivity index (χ1v) is 8.63. The SMILES string of the molecule is COc1cc2nc(-c3ccc(CN)cc3)n(CCN(C)C)c2cc1OC. The monoisotopic (exact) mass is 354 g/mol. The van der Waals surface area contributed by atoms with Crippen molar-refractivity contribution in [2.24, 2.45) is 5.73 Å². The van der Waals surface area contributed by atoms with Gasteiger partial charge in [0.1, 0.15) is 5.82 Å². The van der Waals surface area contributed by atoms with Crippen molar-refractivity contribution in [3.05, 3.63) is 42.0 Å². The molecule has 26 heavy (non-hydrogen) atoms. The van der Waals surface area contributed by atoms with Crippen LogP contribution in [0, 0.1) is 0 Å². The number of rotatable bonds is 7. The Labute approximate surface area is 154 Å². The van der Waals surface area contributed by atoms with E-state index in [2.05, 4.69) is 35.7 Å². The molecule has 0 aliphatic carbocycles. The zero-order chi connectivity index (χ0) is 18.7. The highest BCUT2D eigenvalue weighted by molar-refractivity contribution is 5.84. The second-order valence-electron chi connectivity index (χ2n) is 6.49. The maximum atomic E-state index is 5.72. The van der Waals surface area contributed by atoms with Gasteiger partial charge in [-0.1, -0.05) is 24.3 Å². The van der Waals surface area contributed by atoms with Crippen LogP contribution >= 0.6 is 0 Å². The van der Waals surface area contributed by atoms with Crippen molar-refractivity contribution in [2.75, 3.05) is 34.9 Å². The molecule has 0 radical (unpaired) electrons. The summed E-state index contributed by atoms with van der Waals surface area (Å²) in [6.07, 6.45) is 0. The maximum absolute atomic E-state index is 5.72. The van der Waals surface area contributed by atoms with Gasteiger partial charge in [-0.2, -0.15) is 0 Å². The fourth-order valence-electron chi connectivity index (χ4n) is 2.99. The van der Waals surface area contributed by atoms with E-state index in [0.29, 0.717) is 18.0 Å². The van der Waals surface area contributed by atoms with Crippen molar-refractivity contribution in [1.82, 2.24) is 14.5 Å². The third kappa shape index (κ3) is 3.52. The summed E-state index contributed by atoms with van der Waals surface area (Å²) in [5.41, 5.74) is 9.81. The predicted molar refractivity (Wildman–Crippen MR) is 105 cm³/mol. The molecule has 6 nitrogen and oxygen atoms in total. The number of likely N-dealkylation sites (N-methyl/N-ethyl adjacent to an activating group) is 1. The molecule has 3 rings (SSSR count). The Balaban J connectivity index is 2.17. The molecular weight excluding hydrogens is 328 g/mol. The van der Waals surface area contributed by atoms with Crippen LogP contribution in [-0.2, 0) is 13.1 Å². The third-order valence-corrected chi connectivity index (χ3v) is 4.47. The van der Waals surface area contributed by atoms with Crippen molar-refractivity contribution >= 4 is 11.0 Å². The number of fused-ring (bicyclic) bond motifs is 1. The lowest BCUT2D eigenvalue weighted by molar-refractivity contribution is 0.355. The molecule has 3 aromatic rings. The average Bonchev–Trinajstić information content (AvgIpc) is 3.02. The number of nitrogens with zero attached hydrogens (tertiary/aromatic N) is 3. The molecule has 1 aromatic heterocycles. The van der Waals surface area contributed by atoms with Crippen molar-refractivity contribution in [2.45, 2.75) is 13.1 Å². The largest absolute Gasteiger partial charge is 0.493 e. The Bertz CT molecular complexity index is 885. The number of hydrogen-bond donors (Lipinski definition) is 1. The number of benzene rings is 2. The van der Waals surface area contributed by atoms with E-state index in [9.17, 15) is 0 Å². The lowest BCUT2D eigenvalue weighted by atomic mass is 10.1. The molecule has 0 amide bonds. The summed E-state index contributed by atoms with van der Waals surface area (Å²) in [6.45, 7) is 2.27. The Hall–Kier alpha value is -2.57. The van der Waals surface area contributed by atoms with Gasteiger partial charge in [-0.05, 0) is 19.7 Å². The smallest absolute Gasteiger partial charge is 0.163 e. The van der Waals surface area contributed by atoms with E-state index >= 15 is 0 Å². The van der Waals surface area contributed by atoms with Gasteiger partial charge in [0, 0.05) is 37.3 Å². The molecule has 0 saturated carbocycles. The minimum absolute atomic E-state index is 0.533.